The van der Waals surface area contributed by atoms with Crippen molar-refractivity contribution >= 4 is 23.2 Å². The fraction of sp³-hybridized carbons (Fsp3) is 0.480. The largest absolute Gasteiger partial charge is 0.481 e. The molecular formula is C25H33ClN2O2. The molecule has 4 nitrogen and oxygen atoms in total. The first-order valence-corrected chi connectivity index (χ1v) is 11.3. The van der Waals surface area contributed by atoms with Crippen LogP contribution < -0.4 is 15.0 Å². The standard InChI is InChI=1S/C25H33ClN2O2/c1-5-24(30-22-10-11-23(26)18(3)16-22)25(29)27-19(4)20-6-8-21(9-7-20)28-14-12-17(2)13-15-28/h6-11,16-17,19,24H,5,12-15H2,1-4H3,(H,27,29)/t19-,24-/m0/s1. The van der Waals surface area contributed by atoms with Crippen LogP contribution in [0, 0.1) is 12.8 Å². The number of amides is 1. The first-order valence-electron chi connectivity index (χ1n) is 11.0. The number of hydrogen-bond donors (Lipinski definition) is 1. The number of hydrogen-bond acceptors (Lipinski definition) is 3. The smallest absolute Gasteiger partial charge is 0.261 e. The summed E-state index contributed by atoms with van der Waals surface area (Å²) in [5.41, 5.74) is 3.28. The molecule has 1 N–H and O–H groups in total. The van der Waals surface area contributed by atoms with Crippen molar-refractivity contribution in [3.05, 3.63) is 58.6 Å². The maximum Gasteiger partial charge on any atom is 0.261 e. The molecule has 1 fully saturated rings. The summed E-state index contributed by atoms with van der Waals surface area (Å²) in [4.78, 5) is 15.2. The van der Waals surface area contributed by atoms with Crippen molar-refractivity contribution in [2.45, 2.75) is 59.1 Å². The highest BCUT2D eigenvalue weighted by Gasteiger charge is 2.21. The Hall–Kier alpha value is -2.20. The zero-order chi connectivity index (χ0) is 21.7. The van der Waals surface area contributed by atoms with Gasteiger partial charge in [-0.05, 0) is 80.5 Å². The molecule has 162 valence electrons. The molecule has 0 unspecified atom stereocenters. The van der Waals surface area contributed by atoms with Gasteiger partial charge in [0, 0.05) is 23.8 Å². The van der Waals surface area contributed by atoms with Crippen molar-refractivity contribution in [3.8, 4) is 5.75 Å². The fourth-order valence-corrected chi connectivity index (χ4v) is 3.92. The third-order valence-corrected chi connectivity index (χ3v) is 6.40. The van der Waals surface area contributed by atoms with E-state index in [1.165, 1.54) is 18.5 Å². The molecule has 1 saturated heterocycles. The number of carbonyl (C=O) groups excluding carboxylic acids is 1. The van der Waals surface area contributed by atoms with Crippen LogP contribution in [0.15, 0.2) is 42.5 Å². The van der Waals surface area contributed by atoms with E-state index in [1.54, 1.807) is 12.1 Å². The number of nitrogens with zero attached hydrogens (tertiary/aromatic N) is 1. The number of anilines is 1. The Morgan fingerprint density at radius 2 is 1.87 bits per heavy atom. The van der Waals surface area contributed by atoms with Gasteiger partial charge in [0.15, 0.2) is 6.10 Å². The van der Waals surface area contributed by atoms with Crippen LogP contribution in [0.3, 0.4) is 0 Å². The number of ether oxygens (including phenoxy) is 1. The van der Waals surface area contributed by atoms with Crippen LogP contribution in [-0.4, -0.2) is 25.1 Å². The normalized spacial score (nSPS) is 16.8. The van der Waals surface area contributed by atoms with Gasteiger partial charge in [0.05, 0.1) is 6.04 Å². The monoisotopic (exact) mass is 428 g/mol. The number of halogens is 1. The summed E-state index contributed by atoms with van der Waals surface area (Å²) in [5, 5.41) is 3.79. The highest BCUT2D eigenvalue weighted by atomic mass is 35.5. The third kappa shape index (κ3) is 5.69. The Labute approximate surface area is 185 Å². The summed E-state index contributed by atoms with van der Waals surface area (Å²) in [6, 6.07) is 13.9. The maximum atomic E-state index is 12.8. The number of piperidine rings is 1. The lowest BCUT2D eigenvalue weighted by Crippen LogP contribution is -2.39. The predicted molar refractivity (Wildman–Crippen MR) is 125 cm³/mol. The molecule has 5 heteroatoms. The maximum absolute atomic E-state index is 12.8. The van der Waals surface area contributed by atoms with E-state index in [0.29, 0.717) is 17.2 Å². The Morgan fingerprint density at radius 3 is 2.47 bits per heavy atom. The SMILES string of the molecule is CC[C@H](Oc1ccc(Cl)c(C)c1)C(=O)N[C@@H](C)c1ccc(N2CCC(C)CC2)cc1. The van der Waals surface area contributed by atoms with E-state index in [-0.39, 0.29) is 11.9 Å². The molecule has 0 aromatic heterocycles. The lowest BCUT2D eigenvalue weighted by Gasteiger charge is -2.32. The molecule has 1 aliphatic heterocycles. The minimum Gasteiger partial charge on any atom is -0.481 e. The van der Waals surface area contributed by atoms with Gasteiger partial charge in [0.1, 0.15) is 5.75 Å². The van der Waals surface area contributed by atoms with Gasteiger partial charge in [-0.3, -0.25) is 4.79 Å². The number of aryl methyl sites for hydroxylation is 1. The van der Waals surface area contributed by atoms with E-state index in [0.717, 1.165) is 30.1 Å². The highest BCUT2D eigenvalue weighted by molar-refractivity contribution is 6.31. The van der Waals surface area contributed by atoms with Crippen molar-refractivity contribution < 1.29 is 9.53 Å². The van der Waals surface area contributed by atoms with Crippen LogP contribution in [0.5, 0.6) is 5.75 Å². The molecule has 0 aliphatic carbocycles. The average molecular weight is 429 g/mol. The van der Waals surface area contributed by atoms with Gasteiger partial charge in [0.25, 0.3) is 5.91 Å². The summed E-state index contributed by atoms with van der Waals surface area (Å²) < 4.78 is 5.93. The van der Waals surface area contributed by atoms with E-state index >= 15 is 0 Å². The molecule has 1 heterocycles. The Bertz CT molecular complexity index is 845. The van der Waals surface area contributed by atoms with Crippen molar-refractivity contribution in [3.63, 3.8) is 0 Å². The lowest BCUT2D eigenvalue weighted by atomic mass is 9.98. The molecule has 0 radical (unpaired) electrons. The first-order chi connectivity index (χ1) is 14.4. The van der Waals surface area contributed by atoms with Crippen molar-refractivity contribution in [2.24, 2.45) is 5.92 Å². The molecule has 1 amide bonds. The fourth-order valence-electron chi connectivity index (χ4n) is 3.81. The molecule has 1 aliphatic rings. The van der Waals surface area contributed by atoms with E-state index in [9.17, 15) is 4.79 Å². The molecule has 2 aromatic carbocycles. The summed E-state index contributed by atoms with van der Waals surface area (Å²) in [5.74, 6) is 1.37. The van der Waals surface area contributed by atoms with Gasteiger partial charge in [-0.25, -0.2) is 0 Å². The Balaban J connectivity index is 1.58. The van der Waals surface area contributed by atoms with Crippen molar-refractivity contribution in [2.75, 3.05) is 18.0 Å². The number of carbonyl (C=O) groups is 1. The van der Waals surface area contributed by atoms with Crippen molar-refractivity contribution in [1.82, 2.24) is 5.32 Å². The van der Waals surface area contributed by atoms with Gasteiger partial charge in [-0.2, -0.15) is 0 Å². The predicted octanol–water partition coefficient (Wildman–Crippen LogP) is 5.92. The molecule has 2 aromatic rings. The minimum absolute atomic E-state index is 0.0856. The minimum atomic E-state index is -0.539. The van der Waals surface area contributed by atoms with Gasteiger partial charge in [0.2, 0.25) is 0 Å². The number of rotatable bonds is 7. The average Bonchev–Trinajstić information content (AvgIpc) is 2.75. The van der Waals surface area contributed by atoms with E-state index < -0.39 is 6.10 Å². The van der Waals surface area contributed by atoms with Crippen LogP contribution >= 0.6 is 11.6 Å². The number of nitrogens with one attached hydrogen (secondary N) is 1. The summed E-state index contributed by atoms with van der Waals surface area (Å²) in [6.07, 6.45) is 2.55. The van der Waals surface area contributed by atoms with E-state index in [2.05, 4.69) is 41.4 Å². The first kappa shape index (κ1) is 22.5. The second-order valence-corrected chi connectivity index (χ2v) is 8.82. The molecule has 2 atom stereocenters. The molecule has 0 saturated carbocycles. The number of benzene rings is 2. The topological polar surface area (TPSA) is 41.6 Å². The Kier molecular flexibility index (Phi) is 7.65. The molecule has 30 heavy (non-hydrogen) atoms. The summed E-state index contributed by atoms with van der Waals surface area (Å²) in [6.45, 7) is 10.4. The summed E-state index contributed by atoms with van der Waals surface area (Å²) >= 11 is 6.08. The molecule has 0 spiro atoms. The Morgan fingerprint density at radius 1 is 1.20 bits per heavy atom. The third-order valence-electron chi connectivity index (χ3n) is 5.97. The van der Waals surface area contributed by atoms with Crippen molar-refractivity contribution in [1.29, 1.82) is 0 Å². The van der Waals surface area contributed by atoms with Gasteiger partial charge in [-0.1, -0.05) is 37.6 Å². The van der Waals surface area contributed by atoms with Crippen LogP contribution in [-0.2, 0) is 4.79 Å². The molecule has 0 bridgehead atoms. The second-order valence-electron chi connectivity index (χ2n) is 8.42. The van der Waals surface area contributed by atoms with Crippen LogP contribution in [0.2, 0.25) is 5.02 Å². The molecule has 3 rings (SSSR count). The zero-order valence-corrected chi connectivity index (χ0v) is 19.2. The highest BCUT2D eigenvalue weighted by Crippen LogP contribution is 2.25. The zero-order valence-electron chi connectivity index (χ0n) is 18.5. The van der Waals surface area contributed by atoms with Crippen LogP contribution in [0.25, 0.3) is 0 Å². The molecular weight excluding hydrogens is 396 g/mol. The van der Waals surface area contributed by atoms with E-state index in [1.807, 2.05) is 26.8 Å². The van der Waals surface area contributed by atoms with Gasteiger partial charge in [-0.15, -0.1) is 0 Å². The van der Waals surface area contributed by atoms with Crippen LogP contribution in [0.4, 0.5) is 5.69 Å². The van der Waals surface area contributed by atoms with Gasteiger partial charge >= 0.3 is 0 Å². The van der Waals surface area contributed by atoms with Gasteiger partial charge < -0.3 is 15.0 Å². The second kappa shape index (κ2) is 10.2. The lowest BCUT2D eigenvalue weighted by molar-refractivity contribution is -0.128. The summed E-state index contributed by atoms with van der Waals surface area (Å²) in [7, 11) is 0. The van der Waals surface area contributed by atoms with Crippen LogP contribution in [0.1, 0.15) is 57.2 Å². The van der Waals surface area contributed by atoms with E-state index in [4.69, 9.17) is 16.3 Å². The quantitative estimate of drug-likeness (QED) is 0.595.